The average molecular weight is 200 g/mol. The molecule has 0 bridgehead atoms. The summed E-state index contributed by atoms with van der Waals surface area (Å²) >= 11 is 0. The number of anilines is 1. The Morgan fingerprint density at radius 3 is 2.86 bits per heavy atom. The Balaban J connectivity index is 3.04. The van der Waals surface area contributed by atoms with E-state index in [-0.39, 0.29) is 11.8 Å². The van der Waals surface area contributed by atoms with Crippen LogP contribution in [0.4, 0.5) is 5.88 Å². The Labute approximate surface area is 81.5 Å². The Bertz CT molecular complexity index is 333. The molecule has 1 aromatic rings. The summed E-state index contributed by atoms with van der Waals surface area (Å²) in [5.41, 5.74) is 0.475. The van der Waals surface area contributed by atoms with Crippen LogP contribution in [0.15, 0.2) is 4.52 Å². The van der Waals surface area contributed by atoms with E-state index in [4.69, 9.17) is 4.52 Å². The zero-order chi connectivity index (χ0) is 10.7. The molecule has 6 nitrogen and oxygen atoms in total. The van der Waals surface area contributed by atoms with Crippen molar-refractivity contribution in [1.82, 2.24) is 5.27 Å². The van der Waals surface area contributed by atoms with Gasteiger partial charge >= 0.3 is 11.6 Å². The molecule has 78 valence electrons. The van der Waals surface area contributed by atoms with Crippen LogP contribution in [0.3, 0.4) is 0 Å². The number of nitrogens with one attached hydrogen (secondary N) is 1. The second-order valence-electron chi connectivity index (χ2n) is 2.96. The van der Waals surface area contributed by atoms with Gasteiger partial charge in [0, 0.05) is 6.92 Å². The number of hydrogen-bond donors (Lipinski definition) is 2. The smallest absolute Gasteiger partial charge is 0.308 e. The first kappa shape index (κ1) is 10.6. The molecule has 0 saturated carbocycles. The van der Waals surface area contributed by atoms with Gasteiger partial charge in [0.15, 0.2) is 6.54 Å². The maximum atomic E-state index is 10.8. The molecule has 1 unspecified atom stereocenters. The second-order valence-corrected chi connectivity index (χ2v) is 2.96. The van der Waals surface area contributed by atoms with Crippen molar-refractivity contribution in [2.75, 3.05) is 5.32 Å². The summed E-state index contributed by atoms with van der Waals surface area (Å²) < 4.78 is 6.38. The fraction of sp³-hybridized carbons (Fsp3) is 0.625. The number of carbonyl (C=O) groups excluding carboxylic acids is 1. The highest BCUT2D eigenvalue weighted by molar-refractivity contribution is 5.87. The number of carbonyl (C=O) groups is 1. The normalized spacial score (nSPS) is 12.6. The van der Waals surface area contributed by atoms with Crippen molar-refractivity contribution >= 4 is 11.8 Å². The van der Waals surface area contributed by atoms with Gasteiger partial charge in [0.1, 0.15) is 6.10 Å². The number of amides is 1. The van der Waals surface area contributed by atoms with Gasteiger partial charge in [-0.25, -0.2) is 0 Å². The Morgan fingerprint density at radius 1 is 1.79 bits per heavy atom. The minimum absolute atomic E-state index is 0.203. The number of hydrogen-bond acceptors (Lipinski definition) is 4. The summed E-state index contributed by atoms with van der Waals surface area (Å²) in [6, 6.07) is 0. The van der Waals surface area contributed by atoms with Gasteiger partial charge in [0.05, 0.1) is 0 Å². The van der Waals surface area contributed by atoms with Gasteiger partial charge in [-0.15, -0.1) is 0 Å². The summed E-state index contributed by atoms with van der Waals surface area (Å²) in [5.74, 6) is -0.0550. The summed E-state index contributed by atoms with van der Waals surface area (Å²) in [4.78, 5) is 10.8. The average Bonchev–Trinajstić information content (AvgIpc) is 2.46. The maximum absolute atomic E-state index is 10.8. The van der Waals surface area contributed by atoms with Gasteiger partial charge in [-0.05, 0) is 18.5 Å². The Hall–Kier alpha value is -1.43. The fourth-order valence-electron chi connectivity index (χ4n) is 1.18. The Kier molecular flexibility index (Phi) is 3.19. The van der Waals surface area contributed by atoms with E-state index in [0.29, 0.717) is 12.2 Å². The molecule has 6 heteroatoms. The van der Waals surface area contributed by atoms with Gasteiger partial charge in [-0.2, -0.15) is 0 Å². The highest BCUT2D eigenvalue weighted by atomic mass is 16.5. The molecule has 1 atom stereocenters. The lowest BCUT2D eigenvalue weighted by Crippen LogP contribution is -2.39. The quantitative estimate of drug-likeness (QED) is 0.673. The lowest BCUT2D eigenvalue weighted by atomic mass is 10.3. The SMILES string of the molecule is CC[n+]1noc(NC(C)=O)c1C(C)O. The van der Waals surface area contributed by atoms with Crippen molar-refractivity contribution in [3.63, 3.8) is 0 Å². The molecule has 2 N–H and O–H groups in total. The number of rotatable bonds is 3. The molecule has 0 aliphatic carbocycles. The first-order valence-corrected chi connectivity index (χ1v) is 4.41. The van der Waals surface area contributed by atoms with Crippen LogP contribution in [-0.4, -0.2) is 16.3 Å². The molecule has 0 spiro atoms. The molecule has 1 heterocycles. The van der Waals surface area contributed by atoms with Crippen molar-refractivity contribution in [2.45, 2.75) is 33.4 Å². The van der Waals surface area contributed by atoms with Crippen LogP contribution < -0.4 is 10.00 Å². The van der Waals surface area contributed by atoms with Crippen molar-refractivity contribution in [3.05, 3.63) is 5.69 Å². The van der Waals surface area contributed by atoms with E-state index in [2.05, 4.69) is 10.6 Å². The summed E-state index contributed by atoms with van der Waals surface area (Å²) in [5, 5.41) is 15.6. The highest BCUT2D eigenvalue weighted by Crippen LogP contribution is 2.17. The van der Waals surface area contributed by atoms with E-state index in [1.165, 1.54) is 11.6 Å². The van der Waals surface area contributed by atoms with Crippen LogP contribution in [-0.2, 0) is 11.3 Å². The molecule has 0 aliphatic rings. The summed E-state index contributed by atoms with van der Waals surface area (Å²) in [7, 11) is 0. The van der Waals surface area contributed by atoms with E-state index in [1.807, 2.05) is 6.92 Å². The molecule has 0 aliphatic heterocycles. The van der Waals surface area contributed by atoms with E-state index in [0.717, 1.165) is 0 Å². The van der Waals surface area contributed by atoms with Crippen LogP contribution in [0, 0.1) is 0 Å². The predicted molar refractivity (Wildman–Crippen MR) is 47.3 cm³/mol. The first-order valence-electron chi connectivity index (χ1n) is 4.41. The molecule has 1 amide bonds. The highest BCUT2D eigenvalue weighted by Gasteiger charge is 2.28. The van der Waals surface area contributed by atoms with Crippen LogP contribution in [0.2, 0.25) is 0 Å². The first-order chi connectivity index (χ1) is 6.56. The molecular formula is C8H14N3O3+. The third-order valence-electron chi connectivity index (χ3n) is 1.73. The lowest BCUT2D eigenvalue weighted by Gasteiger charge is -1.98. The van der Waals surface area contributed by atoms with Crippen LogP contribution in [0.5, 0.6) is 0 Å². The fourth-order valence-corrected chi connectivity index (χ4v) is 1.18. The second kappa shape index (κ2) is 4.19. The number of aliphatic hydroxyl groups excluding tert-OH is 1. The summed E-state index contributed by atoms with van der Waals surface area (Å²) in [6.45, 7) is 5.39. The Morgan fingerprint density at radius 2 is 2.43 bits per heavy atom. The third kappa shape index (κ3) is 2.08. The minimum Gasteiger partial charge on any atom is -0.382 e. The van der Waals surface area contributed by atoms with E-state index >= 15 is 0 Å². The number of aryl methyl sites for hydroxylation is 1. The van der Waals surface area contributed by atoms with Crippen LogP contribution >= 0.6 is 0 Å². The largest absolute Gasteiger partial charge is 0.382 e. The van der Waals surface area contributed by atoms with E-state index in [1.54, 1.807) is 6.92 Å². The number of aliphatic hydroxyl groups is 1. The molecule has 14 heavy (non-hydrogen) atoms. The molecule has 0 radical (unpaired) electrons. The van der Waals surface area contributed by atoms with Gasteiger partial charge in [0.2, 0.25) is 11.2 Å². The van der Waals surface area contributed by atoms with Crippen molar-refractivity contribution < 1.29 is 19.1 Å². The van der Waals surface area contributed by atoms with Crippen molar-refractivity contribution in [1.29, 1.82) is 0 Å². The zero-order valence-corrected chi connectivity index (χ0v) is 8.44. The van der Waals surface area contributed by atoms with Crippen molar-refractivity contribution in [2.24, 2.45) is 0 Å². The maximum Gasteiger partial charge on any atom is 0.308 e. The van der Waals surface area contributed by atoms with Gasteiger partial charge in [-0.3, -0.25) is 14.6 Å². The molecule has 0 saturated heterocycles. The lowest BCUT2D eigenvalue weighted by molar-refractivity contribution is -0.767. The van der Waals surface area contributed by atoms with Gasteiger partial charge < -0.3 is 5.11 Å². The molecule has 1 aromatic heterocycles. The zero-order valence-electron chi connectivity index (χ0n) is 8.44. The van der Waals surface area contributed by atoms with Gasteiger partial charge in [-0.1, -0.05) is 0 Å². The van der Waals surface area contributed by atoms with E-state index < -0.39 is 6.10 Å². The molecule has 1 rings (SSSR count). The van der Waals surface area contributed by atoms with Crippen molar-refractivity contribution in [3.8, 4) is 0 Å². The summed E-state index contributed by atoms with van der Waals surface area (Å²) in [6.07, 6.45) is -0.733. The van der Waals surface area contributed by atoms with Crippen LogP contribution in [0.1, 0.15) is 32.6 Å². The number of nitrogens with zero attached hydrogens (tertiary/aromatic N) is 2. The topological polar surface area (TPSA) is 79.2 Å². The molecular weight excluding hydrogens is 186 g/mol. The molecule has 0 aromatic carbocycles. The standard InChI is InChI=1S/C8H13N3O3/c1-4-11-7(5(2)12)8(14-10-11)9-6(3)13/h5,12H,4H2,1-3H3/p+1. The van der Waals surface area contributed by atoms with Crippen LogP contribution in [0.25, 0.3) is 0 Å². The minimum atomic E-state index is -0.733. The number of aromatic nitrogens is 2. The van der Waals surface area contributed by atoms with Gasteiger partial charge in [0.25, 0.3) is 0 Å². The third-order valence-corrected chi connectivity index (χ3v) is 1.73. The predicted octanol–water partition coefficient (Wildman–Crippen LogP) is -0.00630. The van der Waals surface area contributed by atoms with E-state index in [9.17, 15) is 9.90 Å². The monoisotopic (exact) mass is 200 g/mol. The molecule has 0 fully saturated rings.